The van der Waals surface area contributed by atoms with E-state index in [1.807, 2.05) is 20.8 Å². The molecule has 1 fully saturated rings. The predicted molar refractivity (Wildman–Crippen MR) is 51.6 cm³/mol. The van der Waals surface area contributed by atoms with Gasteiger partial charge in [-0.1, -0.05) is 20.8 Å². The Hall–Kier alpha value is -0.610. The molecule has 4 nitrogen and oxygen atoms in total. The van der Waals surface area contributed by atoms with Crippen molar-refractivity contribution in [3.05, 3.63) is 0 Å². The number of hydrogen-bond donors (Lipinski definition) is 1. The molecule has 2 N–H and O–H groups in total. The Morgan fingerprint density at radius 1 is 1.36 bits per heavy atom. The van der Waals surface area contributed by atoms with Gasteiger partial charge in [0.25, 0.3) is 0 Å². The molecular formula is C10H21NO3. The smallest absolute Gasteiger partial charge is 0.0993 e. The zero-order valence-electron chi connectivity index (χ0n) is 9.34. The molecule has 1 saturated heterocycles. The molecule has 0 aromatic heterocycles. The van der Waals surface area contributed by atoms with Gasteiger partial charge in [-0.15, -0.1) is 0 Å². The van der Waals surface area contributed by atoms with Crippen LogP contribution >= 0.6 is 0 Å². The fraction of sp³-hybridized carbons (Fsp3) is 0.900. The molecule has 1 heterocycles. The van der Waals surface area contributed by atoms with E-state index in [2.05, 4.69) is 5.32 Å². The largest absolute Gasteiger partial charge is 0.550 e. The number of ether oxygens (including phenoxy) is 1. The summed E-state index contributed by atoms with van der Waals surface area (Å²) in [4.78, 5) is 9.90. The molecular weight excluding hydrogens is 182 g/mol. The summed E-state index contributed by atoms with van der Waals surface area (Å²) in [7, 11) is 0. The van der Waals surface area contributed by atoms with Crippen molar-refractivity contribution in [2.75, 3.05) is 26.3 Å². The summed E-state index contributed by atoms with van der Waals surface area (Å²) in [6.07, 6.45) is 0.132. The lowest BCUT2D eigenvalue weighted by molar-refractivity contribution is -0.670. The molecule has 0 aliphatic carbocycles. The van der Waals surface area contributed by atoms with Crippen LogP contribution in [-0.2, 0) is 9.53 Å². The van der Waals surface area contributed by atoms with Crippen LogP contribution in [0.25, 0.3) is 0 Å². The summed E-state index contributed by atoms with van der Waals surface area (Å²) in [6, 6.07) is 0. The number of quaternary nitrogens is 1. The first kappa shape index (κ1) is 13.4. The van der Waals surface area contributed by atoms with Gasteiger partial charge < -0.3 is 20.0 Å². The molecule has 0 atom stereocenters. The molecule has 14 heavy (non-hydrogen) atoms. The van der Waals surface area contributed by atoms with Gasteiger partial charge in [-0.2, -0.15) is 0 Å². The van der Waals surface area contributed by atoms with Gasteiger partial charge in [-0.25, -0.2) is 0 Å². The van der Waals surface area contributed by atoms with Crippen LogP contribution in [0.2, 0.25) is 0 Å². The van der Waals surface area contributed by atoms with E-state index in [9.17, 15) is 9.90 Å². The third-order valence-electron chi connectivity index (χ3n) is 1.61. The average molecular weight is 203 g/mol. The van der Waals surface area contributed by atoms with Gasteiger partial charge in [0.15, 0.2) is 0 Å². The summed E-state index contributed by atoms with van der Waals surface area (Å²) < 4.78 is 5.04. The number of nitrogens with two attached hydrogens (primary N) is 1. The second-order valence-corrected chi connectivity index (χ2v) is 4.59. The Morgan fingerprint density at radius 3 is 1.93 bits per heavy atom. The Labute approximate surface area is 85.6 Å². The lowest BCUT2D eigenvalue weighted by Gasteiger charge is -2.17. The van der Waals surface area contributed by atoms with E-state index in [0.29, 0.717) is 0 Å². The van der Waals surface area contributed by atoms with Gasteiger partial charge in [-0.3, -0.25) is 0 Å². The highest BCUT2D eigenvalue weighted by Crippen LogP contribution is 2.16. The molecule has 84 valence electrons. The van der Waals surface area contributed by atoms with E-state index in [0.717, 1.165) is 26.3 Å². The molecule has 0 saturated carbocycles. The number of carbonyl (C=O) groups excluding carboxylic acids is 1. The first-order chi connectivity index (χ1) is 6.42. The Morgan fingerprint density at radius 2 is 1.86 bits per heavy atom. The van der Waals surface area contributed by atoms with Crippen molar-refractivity contribution in [2.24, 2.45) is 5.41 Å². The molecule has 1 rings (SSSR count). The minimum Gasteiger partial charge on any atom is -0.550 e. The molecule has 0 unspecified atom stereocenters. The summed E-state index contributed by atoms with van der Waals surface area (Å²) in [5.41, 5.74) is -0.140. The average Bonchev–Trinajstić information content (AvgIpc) is 2.03. The minimum atomic E-state index is -0.975. The number of rotatable bonds is 1. The van der Waals surface area contributed by atoms with Crippen LogP contribution in [0.1, 0.15) is 27.2 Å². The summed E-state index contributed by atoms with van der Waals surface area (Å²) >= 11 is 0. The van der Waals surface area contributed by atoms with Crippen LogP contribution < -0.4 is 10.4 Å². The fourth-order valence-electron chi connectivity index (χ4n) is 1.01. The number of aliphatic carboxylic acids is 1. The lowest BCUT2D eigenvalue weighted by atomic mass is 9.93. The van der Waals surface area contributed by atoms with Crippen molar-refractivity contribution in [3.8, 4) is 0 Å². The number of carboxylic acid groups (broad SMARTS) is 1. The van der Waals surface area contributed by atoms with Crippen LogP contribution in [0.4, 0.5) is 0 Å². The number of hydrogen-bond acceptors (Lipinski definition) is 3. The van der Waals surface area contributed by atoms with Crippen molar-refractivity contribution in [2.45, 2.75) is 27.2 Å². The predicted octanol–water partition coefficient (Wildman–Crippen LogP) is -1.25. The fourth-order valence-corrected chi connectivity index (χ4v) is 1.01. The molecule has 0 spiro atoms. The van der Waals surface area contributed by atoms with Crippen molar-refractivity contribution in [1.82, 2.24) is 0 Å². The van der Waals surface area contributed by atoms with Gasteiger partial charge >= 0.3 is 0 Å². The molecule has 4 heteroatoms. The van der Waals surface area contributed by atoms with E-state index >= 15 is 0 Å². The monoisotopic (exact) mass is 203 g/mol. The Balaban J connectivity index is 0.000000249. The van der Waals surface area contributed by atoms with Crippen molar-refractivity contribution in [1.29, 1.82) is 0 Å². The van der Waals surface area contributed by atoms with Gasteiger partial charge in [0.1, 0.15) is 0 Å². The zero-order chi connectivity index (χ0) is 11.0. The second-order valence-electron chi connectivity index (χ2n) is 4.59. The molecule has 0 amide bonds. The lowest BCUT2D eigenvalue weighted by Crippen LogP contribution is -2.87. The number of carboxylic acids is 1. The van der Waals surface area contributed by atoms with Gasteiger partial charge in [0.05, 0.1) is 26.3 Å². The van der Waals surface area contributed by atoms with Crippen LogP contribution in [0.3, 0.4) is 0 Å². The Kier molecular flexibility index (Phi) is 6.49. The first-order valence-corrected chi connectivity index (χ1v) is 5.01. The molecule has 1 aliphatic rings. The van der Waals surface area contributed by atoms with Crippen molar-refractivity contribution in [3.63, 3.8) is 0 Å². The molecule has 0 aromatic rings. The van der Waals surface area contributed by atoms with Gasteiger partial charge in [-0.05, 0) is 11.8 Å². The standard InChI is InChI=1S/C6H12O2.C4H9NO/c1-6(2,3)4-5(7)8;1-3-6-4-2-5-1/h4H2,1-3H3,(H,7,8);5H,1-4H2. The zero-order valence-corrected chi connectivity index (χ0v) is 9.34. The summed E-state index contributed by atoms with van der Waals surface area (Å²) in [6.45, 7) is 9.79. The van der Waals surface area contributed by atoms with E-state index < -0.39 is 5.97 Å². The summed E-state index contributed by atoms with van der Waals surface area (Å²) in [5.74, 6) is -0.975. The molecule has 1 aliphatic heterocycles. The normalized spacial score (nSPS) is 16.8. The highest BCUT2D eigenvalue weighted by atomic mass is 16.5. The molecule has 0 bridgehead atoms. The Bertz CT molecular complexity index is 148. The van der Waals surface area contributed by atoms with Crippen LogP contribution in [0.5, 0.6) is 0 Å². The van der Waals surface area contributed by atoms with E-state index in [1.54, 1.807) is 0 Å². The third-order valence-corrected chi connectivity index (χ3v) is 1.61. The quantitative estimate of drug-likeness (QED) is 0.579. The van der Waals surface area contributed by atoms with Crippen molar-refractivity contribution >= 4 is 5.97 Å². The molecule has 0 aromatic carbocycles. The number of morpholine rings is 1. The topological polar surface area (TPSA) is 66.0 Å². The van der Waals surface area contributed by atoms with Crippen LogP contribution in [0, 0.1) is 5.41 Å². The maximum atomic E-state index is 9.90. The molecule has 0 radical (unpaired) electrons. The first-order valence-electron chi connectivity index (χ1n) is 5.01. The van der Waals surface area contributed by atoms with Crippen LogP contribution in [0.15, 0.2) is 0 Å². The minimum absolute atomic E-state index is 0.132. The maximum absolute atomic E-state index is 9.90. The highest BCUT2D eigenvalue weighted by Gasteiger charge is 2.08. The van der Waals surface area contributed by atoms with E-state index in [4.69, 9.17) is 4.74 Å². The SMILES string of the molecule is C1COCC[NH2+]1.CC(C)(C)CC(=O)[O-]. The van der Waals surface area contributed by atoms with E-state index in [-0.39, 0.29) is 11.8 Å². The van der Waals surface area contributed by atoms with E-state index in [1.165, 1.54) is 0 Å². The van der Waals surface area contributed by atoms with Gasteiger partial charge in [0, 0.05) is 5.97 Å². The number of carbonyl (C=O) groups is 1. The van der Waals surface area contributed by atoms with Gasteiger partial charge in [0.2, 0.25) is 0 Å². The maximum Gasteiger partial charge on any atom is 0.0993 e. The van der Waals surface area contributed by atoms with Crippen molar-refractivity contribution < 1.29 is 20.0 Å². The highest BCUT2D eigenvalue weighted by molar-refractivity contribution is 5.64. The second kappa shape index (κ2) is 6.79. The summed E-state index contributed by atoms with van der Waals surface area (Å²) in [5, 5.41) is 12.2. The third kappa shape index (κ3) is 11.4. The van der Waals surface area contributed by atoms with Crippen LogP contribution in [-0.4, -0.2) is 32.3 Å².